The number of carbonyl (C=O) groups is 1. The number of rotatable bonds is 5. The molecule has 1 heterocycles. The van der Waals surface area contributed by atoms with Crippen molar-refractivity contribution in [2.75, 3.05) is 7.11 Å². The van der Waals surface area contributed by atoms with Gasteiger partial charge in [-0.2, -0.15) is 0 Å². The van der Waals surface area contributed by atoms with Crippen molar-refractivity contribution in [1.82, 2.24) is 4.98 Å². The highest BCUT2D eigenvalue weighted by Gasteiger charge is 2.08. The number of nitrogens with zero attached hydrogens (tertiary/aromatic N) is 1. The molecule has 1 aromatic carbocycles. The molecule has 0 aliphatic rings. The third kappa shape index (κ3) is 3.80. The van der Waals surface area contributed by atoms with Gasteiger partial charge in [0.05, 0.1) is 12.1 Å². The van der Waals surface area contributed by atoms with Crippen molar-refractivity contribution in [2.45, 2.75) is 12.8 Å². The van der Waals surface area contributed by atoms with Crippen LogP contribution in [0.25, 0.3) is 0 Å². The molecule has 1 aromatic heterocycles. The zero-order valence-electron chi connectivity index (χ0n) is 10.6. The second-order valence-corrected chi connectivity index (χ2v) is 4.62. The summed E-state index contributed by atoms with van der Waals surface area (Å²) < 4.78 is 5.13. The van der Waals surface area contributed by atoms with Gasteiger partial charge in [-0.05, 0) is 29.3 Å². The fraction of sp³-hybridized carbons (Fsp3) is 0.200. The van der Waals surface area contributed by atoms with Gasteiger partial charge in [0.15, 0.2) is 0 Å². The quantitative estimate of drug-likeness (QED) is 0.842. The van der Waals surface area contributed by atoms with Crippen molar-refractivity contribution < 1.29 is 9.53 Å². The molecule has 3 nitrogen and oxygen atoms in total. The monoisotopic (exact) mass is 275 g/mol. The summed E-state index contributed by atoms with van der Waals surface area (Å²) in [4.78, 5) is 15.9. The first-order chi connectivity index (χ1) is 9.19. The van der Waals surface area contributed by atoms with E-state index in [0.29, 0.717) is 17.9 Å². The van der Waals surface area contributed by atoms with Crippen molar-refractivity contribution in [1.29, 1.82) is 0 Å². The van der Waals surface area contributed by atoms with Crippen LogP contribution in [-0.2, 0) is 17.6 Å². The lowest BCUT2D eigenvalue weighted by Gasteiger charge is -2.05. The summed E-state index contributed by atoms with van der Waals surface area (Å²) in [5, 5.41) is 0.529. The van der Waals surface area contributed by atoms with Gasteiger partial charge >= 0.3 is 0 Å². The number of methoxy groups -OCH3 is 1. The van der Waals surface area contributed by atoms with E-state index in [9.17, 15) is 4.79 Å². The summed E-state index contributed by atoms with van der Waals surface area (Å²) in [5.74, 6) is 0.869. The molecule has 0 amide bonds. The van der Waals surface area contributed by atoms with E-state index in [1.54, 1.807) is 25.6 Å². The molecule has 0 unspecified atom stereocenters. The minimum Gasteiger partial charge on any atom is -0.497 e. The molecule has 0 aliphatic heterocycles. The highest BCUT2D eigenvalue weighted by molar-refractivity contribution is 6.31. The van der Waals surface area contributed by atoms with Crippen molar-refractivity contribution in [3.8, 4) is 5.75 Å². The number of aromatic nitrogens is 1. The normalized spacial score (nSPS) is 10.2. The molecule has 0 fully saturated rings. The fourth-order valence-electron chi connectivity index (χ4n) is 1.83. The lowest BCUT2D eigenvalue weighted by atomic mass is 10.0. The van der Waals surface area contributed by atoms with Gasteiger partial charge in [0.2, 0.25) is 0 Å². The van der Waals surface area contributed by atoms with Crippen molar-refractivity contribution >= 4 is 17.4 Å². The summed E-state index contributed by atoms with van der Waals surface area (Å²) in [7, 11) is 1.61. The SMILES string of the molecule is COc1cccc(CC(=O)Cc2ccncc2Cl)c1. The van der Waals surface area contributed by atoms with E-state index < -0.39 is 0 Å². The van der Waals surface area contributed by atoms with Crippen molar-refractivity contribution in [2.24, 2.45) is 0 Å². The Morgan fingerprint density at radius 3 is 2.89 bits per heavy atom. The maximum atomic E-state index is 12.0. The first kappa shape index (κ1) is 13.6. The van der Waals surface area contributed by atoms with Crippen LogP contribution in [0, 0.1) is 0 Å². The molecule has 0 atom stereocenters. The van der Waals surface area contributed by atoms with E-state index in [-0.39, 0.29) is 5.78 Å². The smallest absolute Gasteiger partial charge is 0.141 e. The molecule has 2 aromatic rings. The van der Waals surface area contributed by atoms with Gasteiger partial charge in [-0.15, -0.1) is 0 Å². The molecule has 0 spiro atoms. The van der Waals surface area contributed by atoms with Gasteiger partial charge in [-0.1, -0.05) is 23.7 Å². The van der Waals surface area contributed by atoms with Gasteiger partial charge in [-0.25, -0.2) is 0 Å². The number of halogens is 1. The molecule has 0 bridgehead atoms. The molecule has 0 radical (unpaired) electrons. The number of hydrogen-bond acceptors (Lipinski definition) is 3. The number of ketones is 1. The average molecular weight is 276 g/mol. The number of pyridine rings is 1. The van der Waals surface area contributed by atoms with E-state index in [0.717, 1.165) is 16.9 Å². The van der Waals surface area contributed by atoms with Crippen LogP contribution in [-0.4, -0.2) is 17.9 Å². The third-order valence-electron chi connectivity index (χ3n) is 2.78. The number of benzene rings is 1. The molecule has 0 saturated carbocycles. The Hall–Kier alpha value is -1.87. The van der Waals surface area contributed by atoms with Gasteiger partial charge in [0.25, 0.3) is 0 Å². The first-order valence-electron chi connectivity index (χ1n) is 5.92. The topological polar surface area (TPSA) is 39.2 Å². The second kappa shape index (κ2) is 6.34. The van der Waals surface area contributed by atoms with Crippen LogP contribution in [0.3, 0.4) is 0 Å². The van der Waals surface area contributed by atoms with Gasteiger partial charge in [-0.3, -0.25) is 9.78 Å². The number of Topliss-reactive ketones (excluding diaryl/α,β-unsaturated/α-hetero) is 1. The van der Waals surface area contributed by atoms with E-state index in [1.165, 1.54) is 0 Å². The summed E-state index contributed by atoms with van der Waals surface area (Å²) in [6.45, 7) is 0. The summed E-state index contributed by atoms with van der Waals surface area (Å²) in [6.07, 6.45) is 3.88. The highest BCUT2D eigenvalue weighted by atomic mass is 35.5. The second-order valence-electron chi connectivity index (χ2n) is 4.21. The fourth-order valence-corrected chi connectivity index (χ4v) is 2.02. The highest BCUT2D eigenvalue weighted by Crippen LogP contribution is 2.17. The largest absolute Gasteiger partial charge is 0.497 e. The maximum absolute atomic E-state index is 12.0. The Kier molecular flexibility index (Phi) is 4.53. The van der Waals surface area contributed by atoms with Crippen LogP contribution >= 0.6 is 11.6 Å². The molecule has 0 saturated heterocycles. The molecule has 0 N–H and O–H groups in total. The Morgan fingerprint density at radius 1 is 1.32 bits per heavy atom. The molecule has 19 heavy (non-hydrogen) atoms. The van der Waals surface area contributed by atoms with Crippen molar-refractivity contribution in [3.05, 3.63) is 58.9 Å². The number of ether oxygens (including phenoxy) is 1. The summed E-state index contributed by atoms with van der Waals surface area (Å²) >= 11 is 5.98. The molecular weight excluding hydrogens is 262 g/mol. The van der Waals surface area contributed by atoms with E-state index in [2.05, 4.69) is 4.98 Å². The number of hydrogen-bond donors (Lipinski definition) is 0. The van der Waals surface area contributed by atoms with Crippen LogP contribution in [0.4, 0.5) is 0 Å². The molecule has 98 valence electrons. The lowest BCUT2D eigenvalue weighted by molar-refractivity contribution is -0.117. The Balaban J connectivity index is 2.03. The minimum absolute atomic E-state index is 0.112. The molecule has 2 rings (SSSR count). The van der Waals surface area contributed by atoms with Crippen LogP contribution in [0.5, 0.6) is 5.75 Å². The standard InChI is InChI=1S/C15H14ClNO2/c1-19-14-4-2-3-11(8-14)7-13(18)9-12-5-6-17-10-15(12)16/h2-6,8,10H,7,9H2,1H3. The predicted molar refractivity (Wildman–Crippen MR) is 74.7 cm³/mol. The summed E-state index contributed by atoms with van der Waals surface area (Å²) in [5.41, 5.74) is 1.75. The molecular formula is C15H14ClNO2. The van der Waals surface area contributed by atoms with Gasteiger partial charge in [0.1, 0.15) is 11.5 Å². The van der Waals surface area contributed by atoms with Crippen molar-refractivity contribution in [3.63, 3.8) is 0 Å². The third-order valence-corrected chi connectivity index (χ3v) is 3.12. The molecule has 4 heteroatoms. The molecule has 0 aliphatic carbocycles. The Morgan fingerprint density at radius 2 is 2.16 bits per heavy atom. The summed E-state index contributed by atoms with van der Waals surface area (Å²) in [6, 6.07) is 9.28. The minimum atomic E-state index is 0.112. The maximum Gasteiger partial charge on any atom is 0.141 e. The Bertz CT molecular complexity index is 584. The van der Waals surface area contributed by atoms with Crippen LogP contribution in [0.2, 0.25) is 5.02 Å². The Labute approximate surface area is 117 Å². The van der Waals surface area contributed by atoms with Gasteiger partial charge in [0, 0.05) is 25.2 Å². The zero-order valence-corrected chi connectivity index (χ0v) is 11.4. The predicted octanol–water partition coefficient (Wildman–Crippen LogP) is 3.10. The zero-order chi connectivity index (χ0) is 13.7. The van der Waals surface area contributed by atoms with Crippen LogP contribution in [0.15, 0.2) is 42.7 Å². The average Bonchev–Trinajstić information content (AvgIpc) is 2.41. The lowest BCUT2D eigenvalue weighted by Crippen LogP contribution is -2.07. The number of carbonyl (C=O) groups excluding carboxylic acids is 1. The van der Waals surface area contributed by atoms with Crippen LogP contribution < -0.4 is 4.74 Å². The first-order valence-corrected chi connectivity index (χ1v) is 6.30. The van der Waals surface area contributed by atoms with E-state index in [4.69, 9.17) is 16.3 Å². The van der Waals surface area contributed by atoms with E-state index in [1.807, 2.05) is 24.3 Å². The van der Waals surface area contributed by atoms with Crippen LogP contribution in [0.1, 0.15) is 11.1 Å². The van der Waals surface area contributed by atoms with E-state index >= 15 is 0 Å². The van der Waals surface area contributed by atoms with Gasteiger partial charge < -0.3 is 4.74 Å².